The lowest BCUT2D eigenvalue weighted by Gasteiger charge is -2.20. The molecule has 0 heterocycles. The molecule has 24 aromatic rings. The Morgan fingerprint density at radius 1 is 0.0794 bits per heavy atom. The minimum Gasteiger partial charge on any atom is -0.0622 e. The third-order valence-electron chi connectivity index (χ3n) is 25.4. The van der Waals surface area contributed by atoms with Gasteiger partial charge in [-0.2, -0.15) is 0 Å². The minimum absolute atomic E-state index is 1.22. The van der Waals surface area contributed by atoms with Gasteiger partial charge in [-0.3, -0.25) is 0 Å². The molecule has 0 nitrogen and oxygen atoms in total. The number of hydrogen-bond donors (Lipinski definition) is 0. The molecule has 0 bridgehead atoms. The highest BCUT2D eigenvalue weighted by Crippen LogP contribution is 2.51. The molecule has 126 heavy (non-hydrogen) atoms. The van der Waals surface area contributed by atoms with E-state index in [0.717, 1.165) is 0 Å². The van der Waals surface area contributed by atoms with Crippen molar-refractivity contribution in [2.45, 2.75) is 0 Å². The second kappa shape index (κ2) is 33.6. The zero-order valence-electron chi connectivity index (χ0n) is 69.5. The van der Waals surface area contributed by atoms with E-state index in [1.165, 1.54) is 230 Å². The molecule has 588 valence electrons. The molecule has 0 aliphatic rings. The molecule has 0 saturated carbocycles. The largest absolute Gasteiger partial charge is 0.0622 e. The molecular formula is C126H84. The third kappa shape index (κ3) is 14.2. The van der Waals surface area contributed by atoms with Gasteiger partial charge in [0.25, 0.3) is 0 Å². The van der Waals surface area contributed by atoms with Crippen molar-refractivity contribution in [2.75, 3.05) is 0 Å². The molecule has 0 heteroatoms. The monoisotopic (exact) mass is 1600 g/mol. The van der Waals surface area contributed by atoms with Crippen LogP contribution in [0.4, 0.5) is 0 Å². The lowest BCUT2D eigenvalue weighted by molar-refractivity contribution is 1.58. The predicted molar refractivity (Wildman–Crippen MR) is 542 cm³/mol. The van der Waals surface area contributed by atoms with E-state index in [9.17, 15) is 0 Å². The van der Waals surface area contributed by atoms with Crippen molar-refractivity contribution in [2.24, 2.45) is 0 Å². The molecule has 0 spiro atoms. The van der Waals surface area contributed by atoms with E-state index in [4.69, 9.17) is 0 Å². The van der Waals surface area contributed by atoms with Gasteiger partial charge in [0.15, 0.2) is 0 Å². The molecule has 0 radical (unpaired) electrons. The molecular weight excluding hydrogens is 1510 g/mol. The Hall–Kier alpha value is -16.4. The smallest absolute Gasteiger partial charge is 0.00201 e. The van der Waals surface area contributed by atoms with Gasteiger partial charge in [0.1, 0.15) is 0 Å². The Kier molecular flexibility index (Phi) is 20.2. The zero-order chi connectivity index (χ0) is 83.6. The standard InChI is InChI=1S/3C42H28/c1-2-13-29(14-3-1)31-17-10-18-32(27-31)33-19-11-20-34(28-33)41-37-22-6-8-24-39(37)42(40-25-9-7-23-38(40)41)36-26-12-16-30-15-4-5-21-35(30)36;1-2-12-29(13-3-1)30-24-26-31(27-25-30)33-16-10-17-34(28-33)41-37-19-6-8-21-39(37)42(40-22-9-7-20-38(40)41)36-23-11-15-32-14-4-5-18-35(32)36;1-2-13-29(14-3-1)30-25-27-32(28-26-30)34-18-6-7-19-35(34)41-37-20-8-10-22-39(37)42(40-23-11-9-21-38(40)41)36-24-12-16-31-15-4-5-17-33(31)36/h3*1-28H. The summed E-state index contributed by atoms with van der Waals surface area (Å²) in [6.45, 7) is 0. The van der Waals surface area contributed by atoms with Gasteiger partial charge in [-0.25, -0.2) is 0 Å². The molecule has 24 rings (SSSR count). The van der Waals surface area contributed by atoms with Gasteiger partial charge in [-0.1, -0.05) is 491 Å². The average molecular weight is 1600 g/mol. The van der Waals surface area contributed by atoms with E-state index in [1.807, 2.05) is 0 Å². The van der Waals surface area contributed by atoms with E-state index in [0.29, 0.717) is 0 Å². The summed E-state index contributed by atoms with van der Waals surface area (Å²) in [5.41, 5.74) is 30.0. The summed E-state index contributed by atoms with van der Waals surface area (Å²) < 4.78 is 0. The van der Waals surface area contributed by atoms with Crippen LogP contribution >= 0.6 is 0 Å². The van der Waals surface area contributed by atoms with Crippen LogP contribution in [0.2, 0.25) is 0 Å². The Bertz CT molecular complexity index is 8040. The Labute approximate surface area is 734 Å². The topological polar surface area (TPSA) is 0 Å². The van der Waals surface area contributed by atoms with Crippen LogP contribution in [-0.2, 0) is 0 Å². The van der Waals surface area contributed by atoms with Crippen LogP contribution in [0, 0.1) is 0 Å². The minimum atomic E-state index is 1.22. The van der Waals surface area contributed by atoms with Gasteiger partial charge in [0.2, 0.25) is 0 Å². The number of benzene rings is 24. The third-order valence-corrected chi connectivity index (χ3v) is 25.4. The first-order chi connectivity index (χ1) is 62.6. The summed E-state index contributed by atoms with van der Waals surface area (Å²) in [5, 5.41) is 22.9. The molecule has 0 aliphatic carbocycles. The van der Waals surface area contributed by atoms with Gasteiger partial charge in [-0.05, 0) is 249 Å². The second-order valence-electron chi connectivity index (χ2n) is 32.6. The number of rotatable bonds is 12. The second-order valence-corrected chi connectivity index (χ2v) is 32.6. The molecule has 0 saturated heterocycles. The Morgan fingerprint density at radius 2 is 0.246 bits per heavy atom. The van der Waals surface area contributed by atoms with E-state index in [2.05, 4.69) is 510 Å². The summed E-state index contributed by atoms with van der Waals surface area (Å²) in [5.74, 6) is 0. The van der Waals surface area contributed by atoms with Crippen LogP contribution < -0.4 is 0 Å². The van der Waals surface area contributed by atoms with E-state index < -0.39 is 0 Å². The van der Waals surface area contributed by atoms with Gasteiger partial charge >= 0.3 is 0 Å². The fraction of sp³-hybridized carbons (Fsp3) is 0. The summed E-state index contributed by atoms with van der Waals surface area (Å²) in [7, 11) is 0. The van der Waals surface area contributed by atoms with Crippen LogP contribution in [-0.4, -0.2) is 0 Å². The van der Waals surface area contributed by atoms with E-state index in [1.54, 1.807) is 0 Å². The fourth-order valence-corrected chi connectivity index (χ4v) is 19.6. The molecule has 0 amide bonds. The van der Waals surface area contributed by atoms with Gasteiger partial charge in [-0.15, -0.1) is 0 Å². The SMILES string of the molecule is c1ccc(-c2ccc(-c3cccc(-c4c5ccccc5c(-c5cccc6ccccc56)c5ccccc45)c3)cc2)cc1.c1ccc(-c2ccc(-c3ccccc3-c3c4ccccc4c(-c4cccc5ccccc45)c4ccccc34)cc2)cc1.c1ccc(-c2cccc(-c3cccc(-c4c5ccccc5c(-c5cccc6ccccc56)c5ccccc45)c3)c2)cc1. The van der Waals surface area contributed by atoms with Crippen molar-refractivity contribution < 1.29 is 0 Å². The lowest BCUT2D eigenvalue weighted by Crippen LogP contribution is -1.93. The van der Waals surface area contributed by atoms with Crippen molar-refractivity contribution in [1.82, 2.24) is 0 Å². The molecule has 24 aromatic carbocycles. The van der Waals surface area contributed by atoms with Crippen molar-refractivity contribution >= 4 is 97.0 Å². The maximum absolute atomic E-state index is 2.36. The first kappa shape index (κ1) is 75.8. The van der Waals surface area contributed by atoms with Crippen LogP contribution in [0.5, 0.6) is 0 Å². The summed E-state index contributed by atoms with van der Waals surface area (Å²) in [6.07, 6.45) is 0. The first-order valence-corrected chi connectivity index (χ1v) is 43.6. The molecule has 0 atom stereocenters. The quantitative estimate of drug-likeness (QED) is 0.107. The highest BCUT2D eigenvalue weighted by Gasteiger charge is 2.24. The van der Waals surface area contributed by atoms with Gasteiger partial charge in [0.05, 0.1) is 0 Å². The van der Waals surface area contributed by atoms with Crippen LogP contribution in [0.25, 0.3) is 230 Å². The predicted octanol–water partition coefficient (Wildman–Crippen LogP) is 35.4. The number of hydrogen-bond acceptors (Lipinski definition) is 0. The van der Waals surface area contributed by atoms with Crippen molar-refractivity contribution in [3.8, 4) is 134 Å². The average Bonchev–Trinajstić information content (AvgIpc) is 0.747. The molecule has 0 N–H and O–H groups in total. The molecule has 0 unspecified atom stereocenters. The van der Waals surface area contributed by atoms with Gasteiger partial charge in [0, 0.05) is 0 Å². The van der Waals surface area contributed by atoms with Crippen molar-refractivity contribution in [3.05, 3.63) is 510 Å². The van der Waals surface area contributed by atoms with Gasteiger partial charge < -0.3 is 0 Å². The zero-order valence-corrected chi connectivity index (χ0v) is 69.5. The van der Waals surface area contributed by atoms with Crippen molar-refractivity contribution in [1.29, 1.82) is 0 Å². The van der Waals surface area contributed by atoms with Crippen LogP contribution in [0.3, 0.4) is 0 Å². The van der Waals surface area contributed by atoms with E-state index in [-0.39, 0.29) is 0 Å². The summed E-state index contributed by atoms with van der Waals surface area (Å²) in [4.78, 5) is 0. The maximum Gasteiger partial charge on any atom is -0.00201 e. The lowest BCUT2D eigenvalue weighted by atomic mass is 9.83. The molecule has 0 aliphatic heterocycles. The van der Waals surface area contributed by atoms with Crippen LogP contribution in [0.1, 0.15) is 0 Å². The number of fused-ring (bicyclic) bond motifs is 9. The maximum atomic E-state index is 2.36. The normalized spacial score (nSPS) is 11.3. The fourth-order valence-electron chi connectivity index (χ4n) is 19.6. The highest BCUT2D eigenvalue weighted by molar-refractivity contribution is 6.27. The Balaban J connectivity index is 0.000000112. The molecule has 0 fully saturated rings. The highest BCUT2D eigenvalue weighted by atomic mass is 14.3. The first-order valence-electron chi connectivity index (χ1n) is 43.6. The van der Waals surface area contributed by atoms with Crippen LogP contribution in [0.15, 0.2) is 510 Å². The summed E-state index contributed by atoms with van der Waals surface area (Å²) in [6, 6.07) is 185. The molecule has 0 aromatic heterocycles. The summed E-state index contributed by atoms with van der Waals surface area (Å²) >= 11 is 0. The van der Waals surface area contributed by atoms with E-state index >= 15 is 0 Å². The van der Waals surface area contributed by atoms with Crippen molar-refractivity contribution in [3.63, 3.8) is 0 Å². The Morgan fingerprint density at radius 3 is 0.556 bits per heavy atom.